The fourth-order valence-electron chi connectivity index (χ4n) is 0.680. The van der Waals surface area contributed by atoms with Gasteiger partial charge in [-0.25, -0.2) is 14.2 Å². The third kappa shape index (κ3) is 1.22. The van der Waals surface area contributed by atoms with Gasteiger partial charge in [-0.15, -0.1) is 0 Å². The lowest BCUT2D eigenvalue weighted by Crippen LogP contribution is -2.43. The molecule has 7 heteroatoms. The molecule has 0 amide bonds. The topological polar surface area (TPSA) is 82.9 Å². The Bertz CT molecular complexity index is 407. The minimum Gasteiger partial charge on any atom is -0.333 e. The van der Waals surface area contributed by atoms with Crippen LogP contribution in [0.4, 0.5) is 0 Å². The first-order valence-electron chi connectivity index (χ1n) is 3.07. The van der Waals surface area contributed by atoms with Crippen LogP contribution in [-0.4, -0.2) is 20.5 Å². The van der Waals surface area contributed by atoms with E-state index in [9.17, 15) is 9.59 Å². The minimum atomic E-state index is -0.592. The number of hydrogen-bond donors (Lipinski definition) is 1. The normalized spacial score (nSPS) is 10.2. The Labute approximate surface area is 72.0 Å². The van der Waals surface area contributed by atoms with Crippen LogP contribution in [0.3, 0.4) is 0 Å². The van der Waals surface area contributed by atoms with Gasteiger partial charge in [-0.1, -0.05) is 11.8 Å². The van der Waals surface area contributed by atoms with E-state index in [4.69, 9.17) is 5.84 Å². The summed E-state index contributed by atoms with van der Waals surface area (Å²) < 4.78 is 1.69. The quantitative estimate of drug-likeness (QED) is 0.423. The standard InChI is InChI=1S/C5H8N4O2S/c1-8-3(10)7-4(12-2)9(6)5(8)11/h6H2,1-2H3. The molecule has 12 heavy (non-hydrogen) atoms. The second-order valence-corrected chi connectivity index (χ2v) is 2.87. The molecule has 1 rings (SSSR count). The molecule has 1 heterocycles. The number of hydrogen-bond acceptors (Lipinski definition) is 5. The predicted molar refractivity (Wildman–Crippen MR) is 45.7 cm³/mol. The lowest BCUT2D eigenvalue weighted by Gasteiger charge is -2.03. The highest BCUT2D eigenvalue weighted by molar-refractivity contribution is 7.98. The van der Waals surface area contributed by atoms with Crippen molar-refractivity contribution in [3.8, 4) is 0 Å². The van der Waals surface area contributed by atoms with Crippen molar-refractivity contribution in [2.24, 2.45) is 7.05 Å². The molecule has 0 spiro atoms. The van der Waals surface area contributed by atoms with Crippen LogP contribution in [0.2, 0.25) is 0 Å². The van der Waals surface area contributed by atoms with E-state index in [-0.39, 0.29) is 5.16 Å². The monoisotopic (exact) mass is 188 g/mol. The van der Waals surface area contributed by atoms with Gasteiger partial charge in [-0.2, -0.15) is 9.66 Å². The Morgan fingerprint density at radius 2 is 2.08 bits per heavy atom. The van der Waals surface area contributed by atoms with E-state index < -0.39 is 11.4 Å². The first kappa shape index (κ1) is 8.85. The number of nitrogen functional groups attached to an aromatic ring is 1. The molecule has 1 aromatic heterocycles. The van der Waals surface area contributed by atoms with E-state index in [1.165, 1.54) is 7.05 Å². The Balaban J connectivity index is 3.61. The maximum Gasteiger partial charge on any atom is 0.353 e. The maximum absolute atomic E-state index is 11.1. The van der Waals surface area contributed by atoms with Crippen molar-refractivity contribution in [2.45, 2.75) is 5.16 Å². The summed E-state index contributed by atoms with van der Waals surface area (Å²) in [6, 6.07) is 0. The van der Waals surface area contributed by atoms with Crippen LogP contribution in [0.25, 0.3) is 0 Å². The minimum absolute atomic E-state index is 0.211. The van der Waals surface area contributed by atoms with Gasteiger partial charge in [-0.3, -0.25) is 0 Å². The van der Waals surface area contributed by atoms with E-state index in [1.807, 2.05) is 0 Å². The van der Waals surface area contributed by atoms with E-state index in [1.54, 1.807) is 6.26 Å². The molecule has 0 aromatic carbocycles. The Morgan fingerprint density at radius 3 is 2.58 bits per heavy atom. The van der Waals surface area contributed by atoms with Crippen LogP contribution >= 0.6 is 11.8 Å². The van der Waals surface area contributed by atoms with Gasteiger partial charge in [0.15, 0.2) is 5.16 Å². The lowest BCUT2D eigenvalue weighted by atomic mass is 10.9. The molecule has 6 nitrogen and oxygen atoms in total. The van der Waals surface area contributed by atoms with E-state index in [0.29, 0.717) is 0 Å². The zero-order valence-corrected chi connectivity index (χ0v) is 7.46. The third-order valence-corrected chi connectivity index (χ3v) is 2.01. The zero-order valence-electron chi connectivity index (χ0n) is 6.64. The van der Waals surface area contributed by atoms with Crippen molar-refractivity contribution in [1.82, 2.24) is 14.2 Å². The Kier molecular flexibility index (Phi) is 2.22. The van der Waals surface area contributed by atoms with Crippen molar-refractivity contribution in [2.75, 3.05) is 12.1 Å². The molecular weight excluding hydrogens is 180 g/mol. The second kappa shape index (κ2) is 3.02. The van der Waals surface area contributed by atoms with Crippen molar-refractivity contribution >= 4 is 11.8 Å². The van der Waals surface area contributed by atoms with Crippen molar-refractivity contribution in [1.29, 1.82) is 0 Å². The molecule has 0 fully saturated rings. The van der Waals surface area contributed by atoms with E-state index >= 15 is 0 Å². The van der Waals surface area contributed by atoms with Gasteiger partial charge < -0.3 is 5.84 Å². The molecule has 2 N–H and O–H groups in total. The third-order valence-electron chi connectivity index (χ3n) is 1.36. The number of nitrogens with two attached hydrogens (primary N) is 1. The highest BCUT2D eigenvalue weighted by atomic mass is 32.2. The van der Waals surface area contributed by atoms with Gasteiger partial charge in [0.25, 0.3) is 0 Å². The summed E-state index contributed by atoms with van der Waals surface area (Å²) >= 11 is 1.15. The summed E-state index contributed by atoms with van der Waals surface area (Å²) in [4.78, 5) is 25.6. The molecule has 0 atom stereocenters. The second-order valence-electron chi connectivity index (χ2n) is 2.09. The van der Waals surface area contributed by atoms with Crippen molar-refractivity contribution in [3.05, 3.63) is 21.0 Å². The van der Waals surface area contributed by atoms with Gasteiger partial charge >= 0.3 is 11.4 Å². The zero-order chi connectivity index (χ0) is 9.30. The lowest BCUT2D eigenvalue weighted by molar-refractivity contribution is 0.605. The van der Waals surface area contributed by atoms with Crippen molar-refractivity contribution < 1.29 is 0 Å². The predicted octanol–water partition coefficient (Wildman–Crippen LogP) is -1.62. The van der Waals surface area contributed by atoms with Crippen molar-refractivity contribution in [3.63, 3.8) is 0 Å². The molecule has 0 radical (unpaired) electrons. The molecule has 0 saturated heterocycles. The van der Waals surface area contributed by atoms with Crippen LogP contribution < -0.4 is 17.2 Å². The van der Waals surface area contributed by atoms with Gasteiger partial charge in [0.2, 0.25) is 0 Å². The van der Waals surface area contributed by atoms with Crippen LogP contribution in [0.15, 0.2) is 14.7 Å². The summed E-state index contributed by atoms with van der Waals surface area (Å²) in [5.41, 5.74) is -1.16. The first-order valence-corrected chi connectivity index (χ1v) is 4.29. The molecule has 1 aromatic rings. The van der Waals surface area contributed by atoms with Crippen LogP contribution in [0.5, 0.6) is 0 Å². The highest BCUT2D eigenvalue weighted by Crippen LogP contribution is 2.02. The fraction of sp³-hybridized carbons (Fsp3) is 0.400. The summed E-state index contributed by atoms with van der Waals surface area (Å²) in [7, 11) is 1.32. The summed E-state index contributed by atoms with van der Waals surface area (Å²) in [6.07, 6.45) is 1.69. The van der Waals surface area contributed by atoms with Crippen LogP contribution in [0.1, 0.15) is 0 Å². The van der Waals surface area contributed by atoms with Crippen LogP contribution in [0, 0.1) is 0 Å². The van der Waals surface area contributed by atoms with Crippen LogP contribution in [-0.2, 0) is 7.05 Å². The molecule has 0 aliphatic heterocycles. The number of rotatable bonds is 1. The molecule has 66 valence electrons. The molecule has 0 aliphatic rings. The van der Waals surface area contributed by atoms with Gasteiger partial charge in [-0.05, 0) is 6.26 Å². The number of thioether (sulfide) groups is 1. The van der Waals surface area contributed by atoms with Gasteiger partial charge in [0.1, 0.15) is 0 Å². The SMILES string of the molecule is CSc1nc(=O)n(C)c(=O)n1N. The van der Waals surface area contributed by atoms with Gasteiger partial charge in [0.05, 0.1) is 0 Å². The average Bonchev–Trinajstić information content (AvgIpc) is 2.08. The first-order chi connectivity index (χ1) is 5.57. The van der Waals surface area contributed by atoms with Gasteiger partial charge in [0, 0.05) is 7.05 Å². The number of aromatic nitrogens is 3. The van der Waals surface area contributed by atoms with E-state index in [2.05, 4.69) is 4.98 Å². The summed E-state index contributed by atoms with van der Waals surface area (Å²) in [5, 5.41) is 0.211. The summed E-state index contributed by atoms with van der Waals surface area (Å²) in [6.45, 7) is 0. The molecule has 0 saturated carbocycles. The van der Waals surface area contributed by atoms with E-state index in [0.717, 1.165) is 21.0 Å². The summed E-state index contributed by atoms with van der Waals surface area (Å²) in [5.74, 6) is 5.32. The largest absolute Gasteiger partial charge is 0.353 e. The molecule has 0 aliphatic carbocycles. The number of nitrogens with zero attached hydrogens (tertiary/aromatic N) is 3. The highest BCUT2D eigenvalue weighted by Gasteiger charge is 2.05. The Hall–Kier alpha value is -1.24. The molecule has 0 bridgehead atoms. The fourth-order valence-corrected chi connectivity index (χ4v) is 1.12. The molecule has 0 unspecified atom stereocenters. The maximum atomic E-state index is 11.1. The molecular formula is C5H8N4O2S. The average molecular weight is 188 g/mol. The smallest absolute Gasteiger partial charge is 0.333 e. The Morgan fingerprint density at radius 1 is 1.50 bits per heavy atom.